The van der Waals surface area contributed by atoms with E-state index in [1.165, 1.54) is 0 Å². The monoisotopic (exact) mass is 324 g/mol. The molecule has 0 spiro atoms. The quantitative estimate of drug-likeness (QED) is 0.786. The molecule has 1 unspecified atom stereocenters. The van der Waals surface area contributed by atoms with Gasteiger partial charge in [-0.25, -0.2) is 0 Å². The number of hydrogen-bond donors (Lipinski definition) is 3. The van der Waals surface area contributed by atoms with E-state index in [2.05, 4.69) is 25.9 Å². The van der Waals surface area contributed by atoms with E-state index >= 15 is 0 Å². The largest absolute Gasteiger partial charge is 0.344 e. The van der Waals surface area contributed by atoms with Gasteiger partial charge in [0.15, 0.2) is 5.69 Å². The predicted octanol–water partition coefficient (Wildman–Crippen LogP) is 1.01. The van der Waals surface area contributed by atoms with Gasteiger partial charge in [0.25, 0.3) is 5.91 Å². The number of carbonyl (C=O) groups excluding carboxylic acids is 1. The van der Waals surface area contributed by atoms with E-state index in [9.17, 15) is 4.79 Å². The molecule has 1 atom stereocenters. The van der Waals surface area contributed by atoms with Crippen molar-refractivity contribution in [1.82, 2.24) is 30.6 Å². The number of H-pyrrole nitrogens is 1. The molecule has 0 saturated carbocycles. The molecule has 1 aliphatic rings. The first kappa shape index (κ1) is 16.5. The minimum Gasteiger partial charge on any atom is -0.344 e. The highest BCUT2D eigenvalue weighted by Gasteiger charge is 2.23. The Labute approximate surface area is 135 Å². The van der Waals surface area contributed by atoms with Gasteiger partial charge in [0.1, 0.15) is 0 Å². The summed E-state index contributed by atoms with van der Waals surface area (Å²) in [4.78, 5) is 12.4. The summed E-state index contributed by atoms with van der Waals surface area (Å²) in [6.45, 7) is 5.56. The minimum atomic E-state index is -0.146. The van der Waals surface area contributed by atoms with Crippen molar-refractivity contribution in [2.75, 3.05) is 6.54 Å². The lowest BCUT2D eigenvalue weighted by molar-refractivity contribution is 0.0933. The molecular weight excluding hydrogens is 304 g/mol. The van der Waals surface area contributed by atoms with Gasteiger partial charge in [-0.1, -0.05) is 0 Å². The Hall–Kier alpha value is -1.86. The second kappa shape index (κ2) is 6.50. The molecule has 0 aromatic carbocycles. The lowest BCUT2D eigenvalue weighted by Gasteiger charge is -2.15. The maximum absolute atomic E-state index is 12.4. The van der Waals surface area contributed by atoms with Crippen LogP contribution < -0.4 is 10.6 Å². The van der Waals surface area contributed by atoms with Crippen LogP contribution in [0.5, 0.6) is 0 Å². The fraction of sp³-hybridized carbons (Fsp3) is 0.500. The molecule has 1 amide bonds. The van der Waals surface area contributed by atoms with Crippen LogP contribution >= 0.6 is 12.4 Å². The van der Waals surface area contributed by atoms with Crippen LogP contribution in [0.4, 0.5) is 0 Å². The van der Waals surface area contributed by atoms with E-state index in [4.69, 9.17) is 0 Å². The number of carbonyl (C=O) groups is 1. The SMILES string of the molecule is Cc1c(C(C)NC(=O)c2n[nH]c3c2CNCC3)cnn1C.Cl. The van der Waals surface area contributed by atoms with Crippen LogP contribution in [0.25, 0.3) is 0 Å². The number of nitrogens with one attached hydrogen (secondary N) is 3. The Balaban J connectivity index is 0.00000176. The third kappa shape index (κ3) is 2.86. The zero-order valence-electron chi connectivity index (χ0n) is 12.9. The molecule has 3 heterocycles. The highest BCUT2D eigenvalue weighted by atomic mass is 35.5. The Morgan fingerprint density at radius 1 is 1.50 bits per heavy atom. The number of aromatic amines is 1. The molecule has 22 heavy (non-hydrogen) atoms. The third-order valence-corrected chi connectivity index (χ3v) is 4.11. The number of halogens is 1. The zero-order chi connectivity index (χ0) is 15.0. The van der Waals surface area contributed by atoms with Crippen LogP contribution in [0.15, 0.2) is 6.20 Å². The van der Waals surface area contributed by atoms with Crippen molar-refractivity contribution in [3.8, 4) is 0 Å². The lowest BCUT2D eigenvalue weighted by Crippen LogP contribution is -2.30. The van der Waals surface area contributed by atoms with E-state index in [-0.39, 0.29) is 24.4 Å². The first-order valence-corrected chi connectivity index (χ1v) is 7.14. The van der Waals surface area contributed by atoms with Gasteiger partial charge >= 0.3 is 0 Å². The lowest BCUT2D eigenvalue weighted by atomic mass is 10.1. The van der Waals surface area contributed by atoms with E-state index in [1.54, 1.807) is 10.9 Å². The second-order valence-corrected chi connectivity index (χ2v) is 5.46. The summed E-state index contributed by atoms with van der Waals surface area (Å²) >= 11 is 0. The van der Waals surface area contributed by atoms with Crippen molar-refractivity contribution in [1.29, 1.82) is 0 Å². The molecular formula is C14H21ClN6O. The first-order valence-electron chi connectivity index (χ1n) is 7.14. The summed E-state index contributed by atoms with van der Waals surface area (Å²) in [7, 11) is 1.89. The van der Waals surface area contributed by atoms with Gasteiger partial charge in [-0.05, 0) is 13.8 Å². The maximum Gasteiger partial charge on any atom is 0.272 e. The Kier molecular flexibility index (Phi) is 4.87. The molecule has 0 aliphatic carbocycles. The molecule has 0 radical (unpaired) electrons. The van der Waals surface area contributed by atoms with Crippen LogP contribution in [0.1, 0.15) is 46.0 Å². The van der Waals surface area contributed by atoms with Crippen molar-refractivity contribution in [3.05, 3.63) is 34.4 Å². The number of hydrogen-bond acceptors (Lipinski definition) is 4. The maximum atomic E-state index is 12.4. The van der Waals surface area contributed by atoms with Crippen molar-refractivity contribution in [2.24, 2.45) is 7.05 Å². The van der Waals surface area contributed by atoms with Crippen molar-refractivity contribution in [2.45, 2.75) is 32.9 Å². The first-order chi connectivity index (χ1) is 10.1. The van der Waals surface area contributed by atoms with Crippen molar-refractivity contribution in [3.63, 3.8) is 0 Å². The summed E-state index contributed by atoms with van der Waals surface area (Å²) in [5.41, 5.74) is 4.60. The zero-order valence-corrected chi connectivity index (χ0v) is 13.8. The van der Waals surface area contributed by atoms with Gasteiger partial charge in [-0.15, -0.1) is 12.4 Å². The minimum absolute atomic E-state index is 0. The van der Waals surface area contributed by atoms with Gasteiger partial charge in [0, 0.05) is 49.1 Å². The normalized spacial score (nSPS) is 14.9. The van der Waals surface area contributed by atoms with Crippen LogP contribution in [-0.2, 0) is 20.0 Å². The highest BCUT2D eigenvalue weighted by Crippen LogP contribution is 2.19. The van der Waals surface area contributed by atoms with Gasteiger partial charge < -0.3 is 10.6 Å². The molecule has 7 nitrogen and oxygen atoms in total. The van der Waals surface area contributed by atoms with Crippen molar-refractivity contribution >= 4 is 18.3 Å². The van der Waals surface area contributed by atoms with Crippen LogP contribution in [0, 0.1) is 6.92 Å². The van der Waals surface area contributed by atoms with Crippen LogP contribution in [0.3, 0.4) is 0 Å². The molecule has 3 N–H and O–H groups in total. The molecule has 0 fully saturated rings. The number of rotatable bonds is 3. The van der Waals surface area contributed by atoms with Crippen molar-refractivity contribution < 1.29 is 4.79 Å². The summed E-state index contributed by atoms with van der Waals surface area (Å²) in [6.07, 6.45) is 2.68. The van der Waals surface area contributed by atoms with Gasteiger partial charge in [-0.2, -0.15) is 10.2 Å². The van der Waals surface area contributed by atoms with Gasteiger partial charge in [0.2, 0.25) is 0 Å². The molecule has 3 rings (SSSR count). The number of nitrogens with zero attached hydrogens (tertiary/aromatic N) is 3. The standard InChI is InChI=1S/C14H20N6O.ClH/c1-8(10-7-16-20(3)9(10)2)17-14(21)13-11-6-15-5-4-12(11)18-19-13;/h7-8,15H,4-6H2,1-3H3,(H,17,21)(H,18,19);1H. The Bertz CT molecular complexity index is 677. The molecule has 2 aromatic rings. The summed E-state index contributed by atoms with van der Waals surface area (Å²) in [5, 5.41) is 17.6. The van der Waals surface area contributed by atoms with E-state index < -0.39 is 0 Å². The fourth-order valence-electron chi connectivity index (χ4n) is 2.70. The fourth-order valence-corrected chi connectivity index (χ4v) is 2.70. The molecule has 0 saturated heterocycles. The summed E-state index contributed by atoms with van der Waals surface area (Å²) in [6, 6.07) is -0.102. The molecule has 8 heteroatoms. The Morgan fingerprint density at radius 2 is 2.27 bits per heavy atom. The summed E-state index contributed by atoms with van der Waals surface area (Å²) < 4.78 is 1.80. The number of fused-ring (bicyclic) bond motifs is 1. The van der Waals surface area contributed by atoms with Crippen LogP contribution in [-0.4, -0.2) is 32.4 Å². The second-order valence-electron chi connectivity index (χ2n) is 5.46. The predicted molar refractivity (Wildman–Crippen MR) is 85.1 cm³/mol. The summed E-state index contributed by atoms with van der Waals surface area (Å²) in [5.74, 6) is -0.146. The van der Waals surface area contributed by atoms with Gasteiger partial charge in [0.05, 0.1) is 12.2 Å². The molecule has 120 valence electrons. The third-order valence-electron chi connectivity index (χ3n) is 4.11. The number of aromatic nitrogens is 4. The van der Waals surface area contributed by atoms with E-state index in [1.807, 2.05) is 20.9 Å². The van der Waals surface area contributed by atoms with Crippen LogP contribution in [0.2, 0.25) is 0 Å². The van der Waals surface area contributed by atoms with E-state index in [0.29, 0.717) is 12.2 Å². The molecule has 1 aliphatic heterocycles. The molecule has 2 aromatic heterocycles. The van der Waals surface area contributed by atoms with Gasteiger partial charge in [-0.3, -0.25) is 14.6 Å². The number of amides is 1. The topological polar surface area (TPSA) is 87.6 Å². The average molecular weight is 325 g/mol. The Morgan fingerprint density at radius 3 is 2.95 bits per heavy atom. The average Bonchev–Trinajstić information content (AvgIpc) is 3.04. The molecule has 0 bridgehead atoms. The van der Waals surface area contributed by atoms with E-state index in [0.717, 1.165) is 35.5 Å². The highest BCUT2D eigenvalue weighted by molar-refractivity contribution is 5.94. The number of aryl methyl sites for hydroxylation is 1. The smallest absolute Gasteiger partial charge is 0.272 e.